The summed E-state index contributed by atoms with van der Waals surface area (Å²) in [4.78, 5) is 26.6. The second kappa shape index (κ2) is 7.57. The third-order valence-corrected chi connectivity index (χ3v) is 4.69. The molecule has 25 heavy (non-hydrogen) atoms. The summed E-state index contributed by atoms with van der Waals surface area (Å²) in [6, 6.07) is 13.8. The average molecular weight is 359 g/mol. The molecule has 0 aromatic heterocycles. The second-order valence-electron chi connectivity index (χ2n) is 6.09. The van der Waals surface area contributed by atoms with Gasteiger partial charge in [0, 0.05) is 30.3 Å². The molecule has 0 saturated carbocycles. The van der Waals surface area contributed by atoms with Gasteiger partial charge in [-0.05, 0) is 43.2 Å². The van der Waals surface area contributed by atoms with Crippen LogP contribution in [0.4, 0.5) is 5.69 Å². The molecule has 1 saturated heterocycles. The lowest BCUT2D eigenvalue weighted by Gasteiger charge is -2.31. The molecule has 3 rings (SSSR count). The van der Waals surface area contributed by atoms with Crippen molar-refractivity contribution < 1.29 is 14.7 Å². The molecule has 1 aliphatic rings. The Hall–Kier alpha value is -2.53. The van der Waals surface area contributed by atoms with E-state index in [1.807, 2.05) is 30.3 Å². The number of benzene rings is 2. The fourth-order valence-corrected chi connectivity index (χ4v) is 3.11. The zero-order valence-electron chi connectivity index (χ0n) is 13.6. The van der Waals surface area contributed by atoms with Gasteiger partial charge in [-0.2, -0.15) is 0 Å². The number of aromatic hydroxyl groups is 1. The Morgan fingerprint density at radius 2 is 1.76 bits per heavy atom. The highest BCUT2D eigenvalue weighted by Crippen LogP contribution is 2.26. The highest BCUT2D eigenvalue weighted by molar-refractivity contribution is 6.32. The normalized spacial score (nSPS) is 15.0. The first kappa shape index (κ1) is 17.3. The van der Waals surface area contributed by atoms with Crippen LogP contribution in [0, 0.1) is 5.92 Å². The maximum absolute atomic E-state index is 12.5. The van der Waals surface area contributed by atoms with E-state index in [-0.39, 0.29) is 28.5 Å². The maximum atomic E-state index is 12.5. The van der Waals surface area contributed by atoms with Crippen molar-refractivity contribution in [2.45, 2.75) is 12.8 Å². The number of anilines is 1. The Bertz CT molecular complexity index is 771. The number of rotatable bonds is 3. The molecule has 130 valence electrons. The number of para-hydroxylation sites is 1. The molecule has 0 bridgehead atoms. The largest absolute Gasteiger partial charge is 0.506 e. The quantitative estimate of drug-likeness (QED) is 0.881. The van der Waals surface area contributed by atoms with Crippen LogP contribution in [0.25, 0.3) is 0 Å². The molecule has 0 spiro atoms. The number of nitrogens with zero attached hydrogens (tertiary/aromatic N) is 1. The lowest BCUT2D eigenvalue weighted by molar-refractivity contribution is -0.121. The standard InChI is InChI=1S/C19H19ClN2O3/c20-16-12-14(6-7-17(16)23)19(25)22-10-8-13(9-11-22)18(24)21-15-4-2-1-3-5-15/h1-7,12-13,23H,8-11H2,(H,21,24). The minimum atomic E-state index is -0.135. The number of nitrogens with one attached hydrogen (secondary N) is 1. The Balaban J connectivity index is 1.57. The van der Waals surface area contributed by atoms with E-state index in [1.54, 1.807) is 11.0 Å². The second-order valence-corrected chi connectivity index (χ2v) is 6.50. The number of hydrogen-bond acceptors (Lipinski definition) is 3. The topological polar surface area (TPSA) is 69.6 Å². The van der Waals surface area contributed by atoms with Crippen LogP contribution < -0.4 is 5.32 Å². The first-order valence-corrected chi connectivity index (χ1v) is 8.56. The van der Waals surface area contributed by atoms with Crippen LogP contribution in [0.5, 0.6) is 5.75 Å². The molecule has 1 heterocycles. The summed E-state index contributed by atoms with van der Waals surface area (Å²) in [5.41, 5.74) is 1.22. The Labute approximate surface area is 151 Å². The summed E-state index contributed by atoms with van der Waals surface area (Å²) in [5, 5.41) is 12.5. The smallest absolute Gasteiger partial charge is 0.253 e. The van der Waals surface area contributed by atoms with Gasteiger partial charge < -0.3 is 15.3 Å². The van der Waals surface area contributed by atoms with Crippen molar-refractivity contribution in [1.82, 2.24) is 4.90 Å². The lowest BCUT2D eigenvalue weighted by atomic mass is 9.95. The van der Waals surface area contributed by atoms with E-state index in [1.165, 1.54) is 12.1 Å². The molecule has 0 aliphatic carbocycles. The third-order valence-electron chi connectivity index (χ3n) is 4.39. The molecule has 0 atom stereocenters. The summed E-state index contributed by atoms with van der Waals surface area (Å²) in [5.74, 6) is -0.294. The Morgan fingerprint density at radius 1 is 1.08 bits per heavy atom. The molecule has 6 heteroatoms. The maximum Gasteiger partial charge on any atom is 0.253 e. The highest BCUT2D eigenvalue weighted by Gasteiger charge is 2.28. The third kappa shape index (κ3) is 4.12. The van der Waals surface area contributed by atoms with Crippen LogP contribution in [-0.2, 0) is 4.79 Å². The zero-order valence-corrected chi connectivity index (χ0v) is 14.4. The number of carbonyl (C=O) groups excluding carboxylic acids is 2. The minimum Gasteiger partial charge on any atom is -0.506 e. The zero-order chi connectivity index (χ0) is 17.8. The summed E-state index contributed by atoms with van der Waals surface area (Å²) in [6.45, 7) is 1.04. The lowest BCUT2D eigenvalue weighted by Crippen LogP contribution is -2.41. The van der Waals surface area contributed by atoms with Crippen LogP contribution in [0.15, 0.2) is 48.5 Å². The summed E-state index contributed by atoms with van der Waals surface area (Å²) in [7, 11) is 0. The van der Waals surface area contributed by atoms with Crippen molar-refractivity contribution in [3.8, 4) is 5.75 Å². The highest BCUT2D eigenvalue weighted by atomic mass is 35.5. The van der Waals surface area contributed by atoms with E-state index in [2.05, 4.69) is 5.32 Å². The van der Waals surface area contributed by atoms with Crippen LogP contribution in [0.3, 0.4) is 0 Å². The number of likely N-dealkylation sites (tertiary alicyclic amines) is 1. The van der Waals surface area contributed by atoms with Crippen molar-refractivity contribution in [3.05, 3.63) is 59.1 Å². The van der Waals surface area contributed by atoms with Gasteiger partial charge in [-0.3, -0.25) is 9.59 Å². The van der Waals surface area contributed by atoms with Gasteiger partial charge in [0.05, 0.1) is 5.02 Å². The molecular weight excluding hydrogens is 340 g/mol. The van der Waals surface area contributed by atoms with Gasteiger partial charge in [0.1, 0.15) is 5.75 Å². The van der Waals surface area contributed by atoms with Gasteiger partial charge in [0.25, 0.3) is 5.91 Å². The van der Waals surface area contributed by atoms with Crippen molar-refractivity contribution in [3.63, 3.8) is 0 Å². The van der Waals surface area contributed by atoms with Gasteiger partial charge >= 0.3 is 0 Å². The van der Waals surface area contributed by atoms with E-state index in [0.29, 0.717) is 31.5 Å². The van der Waals surface area contributed by atoms with Crippen molar-refractivity contribution >= 4 is 29.1 Å². The fourth-order valence-electron chi connectivity index (χ4n) is 2.93. The Kier molecular flexibility index (Phi) is 5.24. The van der Waals surface area contributed by atoms with E-state index in [0.717, 1.165) is 5.69 Å². The van der Waals surface area contributed by atoms with E-state index < -0.39 is 0 Å². The molecule has 2 aromatic rings. The van der Waals surface area contributed by atoms with Gasteiger partial charge in [-0.25, -0.2) is 0 Å². The predicted octanol–water partition coefficient (Wildman–Crippen LogP) is 3.54. The molecule has 1 fully saturated rings. The van der Waals surface area contributed by atoms with Crippen LogP contribution in [-0.4, -0.2) is 34.9 Å². The fraction of sp³-hybridized carbons (Fsp3) is 0.263. The summed E-state index contributed by atoms with van der Waals surface area (Å²) < 4.78 is 0. The molecule has 0 unspecified atom stereocenters. The number of amides is 2. The summed E-state index contributed by atoms with van der Waals surface area (Å²) in [6.07, 6.45) is 1.24. The predicted molar refractivity (Wildman–Crippen MR) is 96.8 cm³/mol. The molecule has 1 aliphatic heterocycles. The number of halogens is 1. The summed E-state index contributed by atoms with van der Waals surface area (Å²) >= 11 is 5.86. The molecule has 2 N–H and O–H groups in total. The number of phenols is 1. The molecular formula is C19H19ClN2O3. The van der Waals surface area contributed by atoms with Gasteiger partial charge in [-0.1, -0.05) is 29.8 Å². The number of phenolic OH excluding ortho intramolecular Hbond substituents is 1. The van der Waals surface area contributed by atoms with E-state index in [9.17, 15) is 14.7 Å². The SMILES string of the molecule is O=C(Nc1ccccc1)C1CCN(C(=O)c2ccc(O)c(Cl)c2)CC1. The molecule has 2 aromatic carbocycles. The van der Waals surface area contributed by atoms with Gasteiger partial charge in [-0.15, -0.1) is 0 Å². The molecule has 0 radical (unpaired) electrons. The van der Waals surface area contributed by atoms with Gasteiger partial charge in [0.2, 0.25) is 5.91 Å². The Morgan fingerprint density at radius 3 is 2.40 bits per heavy atom. The van der Waals surface area contributed by atoms with Crippen LogP contribution in [0.1, 0.15) is 23.2 Å². The minimum absolute atomic E-state index is 0.00835. The van der Waals surface area contributed by atoms with Crippen molar-refractivity contribution in [2.75, 3.05) is 18.4 Å². The monoisotopic (exact) mass is 358 g/mol. The van der Waals surface area contributed by atoms with E-state index in [4.69, 9.17) is 11.6 Å². The number of piperidine rings is 1. The number of hydrogen-bond donors (Lipinski definition) is 2. The first-order valence-electron chi connectivity index (χ1n) is 8.18. The molecule has 2 amide bonds. The van der Waals surface area contributed by atoms with Gasteiger partial charge in [0.15, 0.2) is 0 Å². The van der Waals surface area contributed by atoms with Crippen molar-refractivity contribution in [2.24, 2.45) is 5.92 Å². The van der Waals surface area contributed by atoms with Crippen molar-refractivity contribution in [1.29, 1.82) is 0 Å². The van der Waals surface area contributed by atoms with Crippen LogP contribution >= 0.6 is 11.6 Å². The first-order chi connectivity index (χ1) is 12.0. The van der Waals surface area contributed by atoms with E-state index >= 15 is 0 Å². The average Bonchev–Trinajstić information content (AvgIpc) is 2.64. The van der Waals surface area contributed by atoms with Crippen LogP contribution in [0.2, 0.25) is 5.02 Å². The number of carbonyl (C=O) groups is 2. The molecule has 5 nitrogen and oxygen atoms in total.